The fourth-order valence-electron chi connectivity index (χ4n) is 3.81. The van der Waals surface area contributed by atoms with Gasteiger partial charge in [0.15, 0.2) is 0 Å². The maximum Gasteiger partial charge on any atom is 0.410 e. The minimum absolute atomic E-state index is 0.103. The number of nitrogens with zero attached hydrogens (tertiary/aromatic N) is 1. The first kappa shape index (κ1) is 25.6. The van der Waals surface area contributed by atoms with Gasteiger partial charge < -0.3 is 24.7 Å². The number of rotatable bonds is 5. The van der Waals surface area contributed by atoms with E-state index in [-0.39, 0.29) is 30.2 Å². The highest BCUT2D eigenvalue weighted by Gasteiger charge is 2.27. The summed E-state index contributed by atoms with van der Waals surface area (Å²) in [6.07, 6.45) is 0.850. The number of nitrogens with one attached hydrogen (secondary N) is 2. The van der Waals surface area contributed by atoms with Gasteiger partial charge in [-0.3, -0.25) is 9.59 Å². The quantitative estimate of drug-likeness (QED) is 0.650. The number of halogens is 1. The second-order valence-electron chi connectivity index (χ2n) is 9.59. The summed E-state index contributed by atoms with van der Waals surface area (Å²) in [5.74, 6) is 0.129. The number of hydrogen-bond acceptors (Lipinski definition) is 5. The van der Waals surface area contributed by atoms with Gasteiger partial charge in [-0.1, -0.05) is 11.6 Å². The largest absolute Gasteiger partial charge is 0.490 e. The SMILES string of the molecule is Cc1cc(C)c(CNC(=O)c2cc(Cl)cc(OC3CCN(C(=O)OC(C)(C)C)CC3)c2)c(=O)[nH]1. The molecule has 0 unspecified atom stereocenters. The maximum absolute atomic E-state index is 12.7. The van der Waals surface area contributed by atoms with Crippen molar-refractivity contribution in [3.8, 4) is 5.75 Å². The maximum atomic E-state index is 12.7. The summed E-state index contributed by atoms with van der Waals surface area (Å²) in [4.78, 5) is 41.6. The number of hydrogen-bond donors (Lipinski definition) is 2. The molecule has 1 aromatic carbocycles. The number of carbonyl (C=O) groups is 2. The van der Waals surface area contributed by atoms with Crippen molar-refractivity contribution >= 4 is 23.6 Å². The molecule has 1 saturated heterocycles. The molecular formula is C25H32ClN3O5. The first-order valence-corrected chi connectivity index (χ1v) is 11.7. The number of H-pyrrole nitrogens is 1. The zero-order valence-corrected chi connectivity index (χ0v) is 21.0. The monoisotopic (exact) mass is 489 g/mol. The number of ether oxygens (including phenoxy) is 2. The van der Waals surface area contributed by atoms with Gasteiger partial charge in [0.2, 0.25) is 0 Å². The molecule has 2 N–H and O–H groups in total. The second kappa shape index (κ2) is 10.5. The van der Waals surface area contributed by atoms with E-state index >= 15 is 0 Å². The lowest BCUT2D eigenvalue weighted by atomic mass is 10.1. The van der Waals surface area contributed by atoms with Crippen LogP contribution in [0.3, 0.4) is 0 Å². The highest BCUT2D eigenvalue weighted by atomic mass is 35.5. The van der Waals surface area contributed by atoms with Crippen LogP contribution in [0.4, 0.5) is 4.79 Å². The van der Waals surface area contributed by atoms with Crippen molar-refractivity contribution in [3.05, 3.63) is 62.0 Å². The van der Waals surface area contributed by atoms with E-state index in [4.69, 9.17) is 21.1 Å². The van der Waals surface area contributed by atoms with Gasteiger partial charge in [-0.05, 0) is 64.4 Å². The Morgan fingerprint density at radius 3 is 2.44 bits per heavy atom. The van der Waals surface area contributed by atoms with Crippen LogP contribution < -0.4 is 15.6 Å². The molecule has 184 valence electrons. The molecule has 0 bridgehead atoms. The number of aryl methyl sites for hydroxylation is 2. The molecule has 8 nitrogen and oxygen atoms in total. The molecular weight excluding hydrogens is 458 g/mol. The summed E-state index contributed by atoms with van der Waals surface area (Å²) in [5.41, 5.74) is 1.68. The Hall–Kier alpha value is -3.00. The van der Waals surface area contributed by atoms with Crippen LogP contribution in [0.15, 0.2) is 29.1 Å². The molecule has 1 aliphatic heterocycles. The number of piperidine rings is 1. The van der Waals surface area contributed by atoms with E-state index in [1.54, 1.807) is 23.1 Å². The normalized spacial score (nSPS) is 14.6. The number of amides is 2. The standard InChI is InChI=1S/C25H32ClN3O5/c1-15-10-16(2)28-23(31)21(15)14-27-22(30)17-11-18(26)13-20(12-17)33-19-6-8-29(9-7-19)24(32)34-25(3,4)5/h10-13,19H,6-9,14H2,1-5H3,(H,27,30)(H,28,31). The van der Waals surface area contributed by atoms with E-state index in [2.05, 4.69) is 10.3 Å². The van der Waals surface area contributed by atoms with Crippen LogP contribution in [0.2, 0.25) is 5.02 Å². The van der Waals surface area contributed by atoms with Crippen LogP contribution in [-0.4, -0.2) is 46.7 Å². The third kappa shape index (κ3) is 7.00. The van der Waals surface area contributed by atoms with Gasteiger partial charge >= 0.3 is 6.09 Å². The number of carbonyl (C=O) groups excluding carboxylic acids is 2. The molecule has 1 aliphatic rings. The van der Waals surface area contributed by atoms with E-state index < -0.39 is 5.60 Å². The summed E-state index contributed by atoms with van der Waals surface area (Å²) >= 11 is 6.24. The summed E-state index contributed by atoms with van der Waals surface area (Å²) < 4.78 is 11.5. The fourth-order valence-corrected chi connectivity index (χ4v) is 4.03. The molecule has 9 heteroatoms. The van der Waals surface area contributed by atoms with Gasteiger partial charge in [-0.2, -0.15) is 0 Å². The van der Waals surface area contributed by atoms with Gasteiger partial charge in [0.25, 0.3) is 11.5 Å². The average Bonchev–Trinajstić information content (AvgIpc) is 2.71. The molecule has 1 fully saturated rings. The number of aromatic amines is 1. The van der Waals surface area contributed by atoms with Crippen molar-refractivity contribution in [3.63, 3.8) is 0 Å². The lowest BCUT2D eigenvalue weighted by Gasteiger charge is -2.33. The van der Waals surface area contributed by atoms with Crippen molar-refractivity contribution in [2.75, 3.05) is 13.1 Å². The van der Waals surface area contributed by atoms with Gasteiger partial charge in [0.05, 0.1) is 0 Å². The summed E-state index contributed by atoms with van der Waals surface area (Å²) in [6.45, 7) is 10.3. The molecule has 0 aliphatic carbocycles. The van der Waals surface area contributed by atoms with Gasteiger partial charge in [-0.15, -0.1) is 0 Å². The number of likely N-dealkylation sites (tertiary alicyclic amines) is 1. The van der Waals surface area contributed by atoms with Gasteiger partial charge in [-0.25, -0.2) is 4.79 Å². The summed E-state index contributed by atoms with van der Waals surface area (Å²) in [5, 5.41) is 3.15. The van der Waals surface area contributed by atoms with Crippen molar-refractivity contribution in [2.45, 2.75) is 65.7 Å². The average molecular weight is 490 g/mol. The molecule has 2 heterocycles. The Bertz CT molecular complexity index is 1110. The number of benzene rings is 1. The van der Waals surface area contributed by atoms with Crippen LogP contribution in [0.5, 0.6) is 5.75 Å². The molecule has 34 heavy (non-hydrogen) atoms. The van der Waals surface area contributed by atoms with Crippen molar-refractivity contribution < 1.29 is 19.1 Å². The third-order valence-corrected chi connectivity index (χ3v) is 5.67. The lowest BCUT2D eigenvalue weighted by molar-refractivity contribution is 0.0126. The Kier molecular flexibility index (Phi) is 7.92. The van der Waals surface area contributed by atoms with Crippen molar-refractivity contribution in [2.24, 2.45) is 0 Å². The molecule has 0 spiro atoms. The Morgan fingerprint density at radius 1 is 1.15 bits per heavy atom. The minimum atomic E-state index is -0.534. The smallest absolute Gasteiger partial charge is 0.410 e. The number of pyridine rings is 1. The molecule has 3 rings (SSSR count). The zero-order chi connectivity index (χ0) is 25.0. The van der Waals surface area contributed by atoms with Crippen LogP contribution in [0.25, 0.3) is 0 Å². The highest BCUT2D eigenvalue weighted by molar-refractivity contribution is 6.31. The first-order valence-electron chi connectivity index (χ1n) is 11.3. The molecule has 1 aromatic heterocycles. The Labute approximate surface area is 204 Å². The zero-order valence-electron chi connectivity index (χ0n) is 20.3. The first-order chi connectivity index (χ1) is 15.9. The Balaban J connectivity index is 1.59. The summed E-state index contributed by atoms with van der Waals surface area (Å²) in [7, 11) is 0. The predicted octanol–water partition coefficient (Wildman–Crippen LogP) is 4.35. The van der Waals surface area contributed by atoms with Crippen LogP contribution in [0, 0.1) is 13.8 Å². The van der Waals surface area contributed by atoms with Crippen molar-refractivity contribution in [1.82, 2.24) is 15.2 Å². The van der Waals surface area contributed by atoms with Gasteiger partial charge in [0, 0.05) is 54.3 Å². The molecule has 0 saturated carbocycles. The lowest BCUT2D eigenvalue weighted by Crippen LogP contribution is -2.44. The Morgan fingerprint density at radius 2 is 1.82 bits per heavy atom. The highest BCUT2D eigenvalue weighted by Crippen LogP contribution is 2.25. The summed E-state index contributed by atoms with van der Waals surface area (Å²) in [6, 6.07) is 6.71. The van der Waals surface area contributed by atoms with E-state index in [1.165, 1.54) is 0 Å². The third-order valence-electron chi connectivity index (χ3n) is 5.45. The van der Waals surface area contributed by atoms with Crippen LogP contribution in [-0.2, 0) is 11.3 Å². The van der Waals surface area contributed by atoms with Crippen molar-refractivity contribution in [1.29, 1.82) is 0 Å². The fraction of sp³-hybridized carbons (Fsp3) is 0.480. The van der Waals surface area contributed by atoms with E-state index in [0.717, 1.165) is 11.3 Å². The number of aromatic nitrogens is 1. The topological polar surface area (TPSA) is 101 Å². The molecule has 2 amide bonds. The van der Waals surface area contributed by atoms with E-state index in [0.29, 0.717) is 47.8 Å². The van der Waals surface area contributed by atoms with E-state index in [9.17, 15) is 14.4 Å². The van der Waals surface area contributed by atoms with E-state index in [1.807, 2.05) is 40.7 Å². The predicted molar refractivity (Wildman–Crippen MR) is 131 cm³/mol. The molecule has 2 aromatic rings. The van der Waals surface area contributed by atoms with Gasteiger partial charge in [0.1, 0.15) is 17.5 Å². The minimum Gasteiger partial charge on any atom is -0.490 e. The van der Waals surface area contributed by atoms with Crippen LogP contribution in [0.1, 0.15) is 60.8 Å². The molecule has 0 atom stereocenters. The second-order valence-corrected chi connectivity index (χ2v) is 10.0. The molecule has 0 radical (unpaired) electrons. The van der Waals surface area contributed by atoms with Crippen LogP contribution >= 0.6 is 11.6 Å².